The van der Waals surface area contributed by atoms with Crippen LogP contribution in [0.2, 0.25) is 0 Å². The summed E-state index contributed by atoms with van der Waals surface area (Å²) in [7, 11) is 3.66. The maximum Gasteiger partial charge on any atom is 0.231 e. The lowest BCUT2D eigenvalue weighted by Crippen LogP contribution is -2.31. The quantitative estimate of drug-likeness (QED) is 0.518. The van der Waals surface area contributed by atoms with Gasteiger partial charge in [-0.1, -0.05) is 49.4 Å². The molecule has 1 N–H and O–H groups in total. The minimum absolute atomic E-state index is 0.0345. The van der Waals surface area contributed by atoms with Crippen molar-refractivity contribution in [3.63, 3.8) is 0 Å². The highest BCUT2D eigenvalue weighted by atomic mass is 16.5. The molecule has 3 aromatic carbocycles. The molecular formula is C27H29N3O3. The molecule has 1 unspecified atom stereocenters. The number of fused-ring (bicyclic) bond motifs is 2. The van der Waals surface area contributed by atoms with Gasteiger partial charge in [0.1, 0.15) is 17.3 Å². The van der Waals surface area contributed by atoms with E-state index in [1.165, 1.54) is 0 Å². The summed E-state index contributed by atoms with van der Waals surface area (Å²) in [6.45, 7) is 3.26. The largest absolute Gasteiger partial charge is 0.454 e. The zero-order chi connectivity index (χ0) is 23.2. The predicted molar refractivity (Wildman–Crippen MR) is 132 cm³/mol. The monoisotopic (exact) mass is 443 g/mol. The van der Waals surface area contributed by atoms with Gasteiger partial charge in [-0.3, -0.25) is 4.79 Å². The van der Waals surface area contributed by atoms with Crippen LogP contribution >= 0.6 is 0 Å². The highest BCUT2D eigenvalue weighted by Crippen LogP contribution is 2.39. The third kappa shape index (κ3) is 5.07. The van der Waals surface area contributed by atoms with Crippen molar-refractivity contribution in [2.24, 2.45) is 4.99 Å². The summed E-state index contributed by atoms with van der Waals surface area (Å²) in [6, 6.07) is 23.2. The molecule has 1 aliphatic heterocycles. The summed E-state index contributed by atoms with van der Waals surface area (Å²) >= 11 is 0. The van der Waals surface area contributed by atoms with Crippen LogP contribution in [-0.2, 0) is 9.53 Å². The fraction of sp³-hybridized carbons (Fsp3) is 0.259. The van der Waals surface area contributed by atoms with Gasteiger partial charge in [0.25, 0.3) is 0 Å². The average molecular weight is 444 g/mol. The number of methoxy groups -OCH3 is 1. The maximum absolute atomic E-state index is 13.1. The van der Waals surface area contributed by atoms with Gasteiger partial charge in [0.05, 0.1) is 18.1 Å². The van der Waals surface area contributed by atoms with Gasteiger partial charge in [-0.25, -0.2) is 4.99 Å². The number of anilines is 1. The van der Waals surface area contributed by atoms with Crippen LogP contribution in [0.4, 0.5) is 11.4 Å². The van der Waals surface area contributed by atoms with Crippen molar-refractivity contribution >= 4 is 23.1 Å². The summed E-state index contributed by atoms with van der Waals surface area (Å²) < 4.78 is 11.5. The third-order valence-corrected chi connectivity index (χ3v) is 5.72. The first-order valence-corrected chi connectivity index (χ1v) is 11.2. The fourth-order valence-corrected chi connectivity index (χ4v) is 3.91. The minimum atomic E-state index is -0.219. The van der Waals surface area contributed by atoms with Crippen molar-refractivity contribution in [3.05, 3.63) is 83.9 Å². The van der Waals surface area contributed by atoms with Crippen LogP contribution in [0, 0.1) is 0 Å². The smallest absolute Gasteiger partial charge is 0.231 e. The normalized spacial score (nSPS) is 13.0. The molecule has 1 heterocycles. The predicted octanol–water partition coefficient (Wildman–Crippen LogP) is 5.58. The molecule has 1 atom stereocenters. The molecule has 1 aliphatic rings. The van der Waals surface area contributed by atoms with E-state index in [4.69, 9.17) is 14.5 Å². The molecule has 0 saturated heterocycles. The SMILES string of the molecule is CCC(C(=O)Nc1ccc2c(c1)C(N(C)CCOC)=Nc1ccccc1O2)c1ccccc1. The Bertz CT molecular complexity index is 1140. The van der Waals surface area contributed by atoms with Crippen molar-refractivity contribution in [2.75, 3.05) is 32.6 Å². The van der Waals surface area contributed by atoms with Crippen LogP contribution < -0.4 is 10.1 Å². The van der Waals surface area contributed by atoms with Crippen molar-refractivity contribution in [1.82, 2.24) is 4.90 Å². The van der Waals surface area contributed by atoms with Crippen molar-refractivity contribution in [3.8, 4) is 11.5 Å². The number of hydrogen-bond donors (Lipinski definition) is 1. The van der Waals surface area contributed by atoms with Gasteiger partial charge in [0.2, 0.25) is 5.91 Å². The van der Waals surface area contributed by atoms with Crippen LogP contribution in [0.15, 0.2) is 77.8 Å². The Kier molecular flexibility index (Phi) is 7.05. The number of carbonyl (C=O) groups excluding carboxylic acids is 1. The van der Waals surface area contributed by atoms with E-state index >= 15 is 0 Å². The Balaban J connectivity index is 1.67. The zero-order valence-corrected chi connectivity index (χ0v) is 19.2. The zero-order valence-electron chi connectivity index (χ0n) is 19.2. The molecule has 6 nitrogen and oxygen atoms in total. The van der Waals surface area contributed by atoms with E-state index in [9.17, 15) is 4.79 Å². The number of para-hydroxylation sites is 2. The van der Waals surface area contributed by atoms with Crippen molar-refractivity contribution in [2.45, 2.75) is 19.3 Å². The third-order valence-electron chi connectivity index (χ3n) is 5.72. The molecule has 0 fully saturated rings. The minimum Gasteiger partial charge on any atom is -0.454 e. The van der Waals surface area contributed by atoms with Gasteiger partial charge in [-0.05, 0) is 42.3 Å². The Morgan fingerprint density at radius 1 is 1.06 bits per heavy atom. The number of hydrogen-bond acceptors (Lipinski definition) is 5. The highest BCUT2D eigenvalue weighted by molar-refractivity contribution is 6.05. The van der Waals surface area contributed by atoms with Crippen LogP contribution in [0.1, 0.15) is 30.4 Å². The summed E-state index contributed by atoms with van der Waals surface area (Å²) in [6.07, 6.45) is 0.714. The number of benzene rings is 3. The number of aliphatic imine (C=N–C) groups is 1. The summed E-state index contributed by atoms with van der Waals surface area (Å²) in [4.78, 5) is 20.1. The van der Waals surface area contributed by atoms with Crippen molar-refractivity contribution in [1.29, 1.82) is 0 Å². The van der Waals surface area contributed by atoms with E-state index in [1.54, 1.807) is 7.11 Å². The second kappa shape index (κ2) is 10.3. The molecule has 0 aliphatic carbocycles. The Labute approximate surface area is 194 Å². The number of rotatable bonds is 7. The lowest BCUT2D eigenvalue weighted by Gasteiger charge is -2.22. The molecule has 1 amide bonds. The van der Waals surface area contributed by atoms with Crippen LogP contribution in [0.25, 0.3) is 0 Å². The van der Waals surface area contributed by atoms with E-state index in [0.717, 1.165) is 22.6 Å². The second-order valence-corrected chi connectivity index (χ2v) is 7.99. The Morgan fingerprint density at radius 2 is 1.82 bits per heavy atom. The van der Waals surface area contributed by atoms with E-state index in [1.807, 2.05) is 91.7 Å². The molecule has 6 heteroatoms. The first-order chi connectivity index (χ1) is 16.1. The number of amides is 1. The van der Waals surface area contributed by atoms with Crippen LogP contribution in [-0.4, -0.2) is 44.0 Å². The standard InChI is InChI=1S/C27H29N3O3/c1-4-21(19-10-6-5-7-11-19)27(31)28-20-14-15-24-22(18-20)26(30(2)16-17-32-3)29-23-12-8-9-13-25(23)33-24/h5-15,18,21H,4,16-17H2,1-3H3,(H,28,31). The Hall–Kier alpha value is -3.64. The molecule has 0 spiro atoms. The van der Waals surface area contributed by atoms with Gasteiger partial charge in [0.15, 0.2) is 5.75 Å². The summed E-state index contributed by atoms with van der Waals surface area (Å²) in [5, 5.41) is 3.09. The van der Waals surface area contributed by atoms with Crippen LogP contribution in [0.5, 0.6) is 11.5 Å². The van der Waals surface area contributed by atoms with E-state index in [-0.39, 0.29) is 11.8 Å². The highest BCUT2D eigenvalue weighted by Gasteiger charge is 2.23. The number of nitrogens with zero attached hydrogens (tertiary/aromatic N) is 2. The molecule has 0 radical (unpaired) electrons. The molecule has 170 valence electrons. The van der Waals surface area contributed by atoms with Gasteiger partial charge in [-0.15, -0.1) is 0 Å². The molecule has 33 heavy (non-hydrogen) atoms. The van der Waals surface area contributed by atoms with Crippen molar-refractivity contribution < 1.29 is 14.3 Å². The molecule has 0 aromatic heterocycles. The molecule has 3 aromatic rings. The fourth-order valence-electron chi connectivity index (χ4n) is 3.91. The number of nitrogens with one attached hydrogen (secondary N) is 1. The average Bonchev–Trinajstić information content (AvgIpc) is 3.00. The lowest BCUT2D eigenvalue weighted by atomic mass is 9.95. The van der Waals surface area contributed by atoms with Gasteiger partial charge in [-0.2, -0.15) is 0 Å². The van der Waals surface area contributed by atoms with E-state index < -0.39 is 0 Å². The second-order valence-electron chi connectivity index (χ2n) is 7.99. The number of likely N-dealkylation sites (N-methyl/N-ethyl adjacent to an activating group) is 1. The molecular weight excluding hydrogens is 414 g/mol. The molecule has 4 rings (SSSR count). The Morgan fingerprint density at radius 3 is 2.58 bits per heavy atom. The van der Waals surface area contributed by atoms with Gasteiger partial charge in [0, 0.05) is 26.4 Å². The van der Waals surface area contributed by atoms with E-state index in [2.05, 4.69) is 5.32 Å². The lowest BCUT2D eigenvalue weighted by molar-refractivity contribution is -0.117. The first kappa shape index (κ1) is 22.6. The van der Waals surface area contributed by atoms with Crippen LogP contribution in [0.3, 0.4) is 0 Å². The molecule has 0 saturated carbocycles. The molecule has 0 bridgehead atoms. The number of amidine groups is 1. The summed E-state index contributed by atoms with van der Waals surface area (Å²) in [5.74, 6) is 1.89. The summed E-state index contributed by atoms with van der Waals surface area (Å²) in [5.41, 5.74) is 3.28. The number of ether oxygens (including phenoxy) is 2. The van der Waals surface area contributed by atoms with Gasteiger partial charge >= 0.3 is 0 Å². The van der Waals surface area contributed by atoms with E-state index in [0.29, 0.717) is 36.8 Å². The number of carbonyl (C=O) groups is 1. The first-order valence-electron chi connectivity index (χ1n) is 11.2. The topological polar surface area (TPSA) is 63.2 Å². The van der Waals surface area contributed by atoms with Gasteiger partial charge < -0.3 is 19.7 Å². The maximum atomic E-state index is 13.1.